The molecule has 0 saturated carbocycles. The Morgan fingerprint density at radius 2 is 2.04 bits per heavy atom. The van der Waals surface area contributed by atoms with Gasteiger partial charge in [-0.2, -0.15) is 0 Å². The third-order valence-electron chi connectivity index (χ3n) is 4.21. The Balaban J connectivity index is 1.51. The maximum absolute atomic E-state index is 12.5. The lowest BCUT2D eigenvalue weighted by Crippen LogP contribution is -2.30. The van der Waals surface area contributed by atoms with Crippen LogP contribution in [0.4, 0.5) is 0 Å². The molecule has 4 rings (SSSR count). The highest BCUT2D eigenvalue weighted by Crippen LogP contribution is 2.38. The minimum atomic E-state index is -0.0437. The predicted molar refractivity (Wildman–Crippen MR) is 108 cm³/mol. The van der Waals surface area contributed by atoms with Crippen molar-refractivity contribution in [3.63, 3.8) is 0 Å². The van der Waals surface area contributed by atoms with Gasteiger partial charge in [0.1, 0.15) is 5.75 Å². The van der Waals surface area contributed by atoms with E-state index in [1.807, 2.05) is 54.8 Å². The molecule has 2 aromatic heterocycles. The van der Waals surface area contributed by atoms with E-state index in [-0.39, 0.29) is 12.5 Å². The summed E-state index contributed by atoms with van der Waals surface area (Å²) in [6.07, 6.45) is 0. The van der Waals surface area contributed by atoms with Crippen molar-refractivity contribution in [2.24, 2.45) is 0 Å². The molecular formula is C20H18N2O2S2. The average molecular weight is 383 g/mol. The molecule has 0 spiro atoms. The number of thiophene rings is 1. The third kappa shape index (κ3) is 3.30. The van der Waals surface area contributed by atoms with E-state index in [0.717, 1.165) is 36.6 Å². The first-order valence-electron chi connectivity index (χ1n) is 8.30. The summed E-state index contributed by atoms with van der Waals surface area (Å²) in [5, 5.41) is 4.09. The highest BCUT2D eigenvalue weighted by Gasteiger charge is 2.15. The molecule has 4 nitrogen and oxygen atoms in total. The van der Waals surface area contributed by atoms with Crippen molar-refractivity contribution in [1.82, 2.24) is 9.88 Å². The number of thiazole rings is 1. The van der Waals surface area contributed by atoms with Gasteiger partial charge in [0.15, 0.2) is 6.61 Å². The van der Waals surface area contributed by atoms with E-state index >= 15 is 0 Å². The van der Waals surface area contributed by atoms with E-state index < -0.39 is 0 Å². The monoisotopic (exact) mass is 382 g/mol. The van der Waals surface area contributed by atoms with E-state index in [0.29, 0.717) is 6.54 Å². The number of aromatic nitrogens is 1. The lowest BCUT2D eigenvalue weighted by molar-refractivity contribution is -0.132. The van der Waals surface area contributed by atoms with Crippen LogP contribution in [0.2, 0.25) is 0 Å². The van der Waals surface area contributed by atoms with Gasteiger partial charge in [-0.1, -0.05) is 30.3 Å². The van der Waals surface area contributed by atoms with Crippen LogP contribution in [0.5, 0.6) is 5.75 Å². The van der Waals surface area contributed by atoms with Crippen LogP contribution in [0.25, 0.3) is 20.3 Å². The molecule has 0 N–H and O–H groups in total. The van der Waals surface area contributed by atoms with Crippen LogP contribution in [0.3, 0.4) is 0 Å². The largest absolute Gasteiger partial charge is 0.483 e. The van der Waals surface area contributed by atoms with Gasteiger partial charge in [-0.15, -0.1) is 22.7 Å². The van der Waals surface area contributed by atoms with Gasteiger partial charge in [-0.25, -0.2) is 4.98 Å². The smallest absolute Gasteiger partial charge is 0.260 e. The van der Waals surface area contributed by atoms with Crippen LogP contribution in [0.1, 0.15) is 10.6 Å². The second kappa shape index (κ2) is 7.05. The molecular weight excluding hydrogens is 364 g/mol. The zero-order valence-electron chi connectivity index (χ0n) is 14.6. The quantitative estimate of drug-likeness (QED) is 0.495. The second-order valence-electron chi connectivity index (χ2n) is 6.14. The Morgan fingerprint density at radius 3 is 2.85 bits per heavy atom. The van der Waals surface area contributed by atoms with Gasteiger partial charge in [-0.3, -0.25) is 4.79 Å². The SMILES string of the molecule is Cc1nc2c(cc(OCC(=O)N(C)Cc3ccccc3)c3ccsc32)s1. The second-order valence-corrected chi connectivity index (χ2v) is 8.29. The molecule has 0 atom stereocenters. The Labute approximate surface area is 159 Å². The summed E-state index contributed by atoms with van der Waals surface area (Å²) >= 11 is 3.30. The molecule has 2 heterocycles. The number of nitrogens with zero attached hydrogens (tertiary/aromatic N) is 2. The zero-order chi connectivity index (χ0) is 18.1. The van der Waals surface area contributed by atoms with Crippen molar-refractivity contribution in [3.8, 4) is 5.75 Å². The van der Waals surface area contributed by atoms with Gasteiger partial charge in [0.05, 0.1) is 19.9 Å². The maximum Gasteiger partial charge on any atom is 0.260 e. The van der Waals surface area contributed by atoms with Gasteiger partial charge in [0.2, 0.25) is 0 Å². The standard InChI is InChI=1S/C20H18N2O2S2/c1-13-21-19-17(26-13)10-16(15-8-9-25-20(15)19)24-12-18(23)22(2)11-14-6-4-3-5-7-14/h3-10H,11-12H2,1-2H3. The fraction of sp³-hybridized carbons (Fsp3) is 0.200. The molecule has 0 aliphatic rings. The van der Waals surface area contributed by atoms with Crippen LogP contribution < -0.4 is 4.74 Å². The fourth-order valence-corrected chi connectivity index (χ4v) is 4.73. The Morgan fingerprint density at radius 1 is 1.23 bits per heavy atom. The molecule has 0 unspecified atom stereocenters. The summed E-state index contributed by atoms with van der Waals surface area (Å²) in [6, 6.07) is 14.0. The maximum atomic E-state index is 12.5. The highest BCUT2D eigenvalue weighted by atomic mass is 32.1. The van der Waals surface area contributed by atoms with E-state index in [4.69, 9.17) is 4.74 Å². The number of likely N-dealkylation sites (N-methyl/N-ethyl adjacent to an activating group) is 1. The van der Waals surface area contributed by atoms with Crippen molar-refractivity contribution in [1.29, 1.82) is 0 Å². The van der Waals surface area contributed by atoms with Gasteiger partial charge >= 0.3 is 0 Å². The summed E-state index contributed by atoms with van der Waals surface area (Å²) in [6.45, 7) is 2.61. The van der Waals surface area contributed by atoms with Crippen LogP contribution in [0.15, 0.2) is 47.8 Å². The summed E-state index contributed by atoms with van der Waals surface area (Å²) < 4.78 is 8.12. The number of fused-ring (bicyclic) bond motifs is 3. The molecule has 1 amide bonds. The van der Waals surface area contributed by atoms with Crippen LogP contribution >= 0.6 is 22.7 Å². The van der Waals surface area contributed by atoms with Gasteiger partial charge in [0.25, 0.3) is 5.91 Å². The molecule has 0 aliphatic carbocycles. The zero-order valence-corrected chi connectivity index (χ0v) is 16.2. The number of hydrogen-bond acceptors (Lipinski definition) is 5. The molecule has 0 bridgehead atoms. The van der Waals surface area contributed by atoms with Crippen molar-refractivity contribution >= 4 is 48.9 Å². The molecule has 4 aromatic rings. The molecule has 2 aromatic carbocycles. The topological polar surface area (TPSA) is 42.4 Å². The molecule has 0 fully saturated rings. The summed E-state index contributed by atoms with van der Waals surface area (Å²) in [5.41, 5.74) is 2.13. The normalized spacial score (nSPS) is 11.2. The van der Waals surface area contributed by atoms with E-state index in [9.17, 15) is 4.79 Å². The first-order valence-corrected chi connectivity index (χ1v) is 9.99. The molecule has 6 heteroatoms. The van der Waals surface area contributed by atoms with Gasteiger partial charge < -0.3 is 9.64 Å². The summed E-state index contributed by atoms with van der Waals surface area (Å²) in [4.78, 5) is 18.8. The Hall–Kier alpha value is -2.44. The highest BCUT2D eigenvalue weighted by molar-refractivity contribution is 7.21. The third-order valence-corrected chi connectivity index (χ3v) is 6.05. The Bertz CT molecular complexity index is 1070. The van der Waals surface area contributed by atoms with Crippen LogP contribution in [-0.4, -0.2) is 29.4 Å². The summed E-state index contributed by atoms with van der Waals surface area (Å²) in [7, 11) is 1.80. The number of aryl methyl sites for hydroxylation is 1. The number of hydrogen-bond donors (Lipinski definition) is 0. The number of benzene rings is 2. The van der Waals surface area contributed by atoms with Crippen molar-refractivity contribution in [2.75, 3.05) is 13.7 Å². The van der Waals surface area contributed by atoms with Gasteiger partial charge in [-0.05, 0) is 23.9 Å². The number of amides is 1. The first kappa shape index (κ1) is 17.0. The molecule has 26 heavy (non-hydrogen) atoms. The lowest BCUT2D eigenvalue weighted by atomic mass is 10.2. The van der Waals surface area contributed by atoms with Gasteiger partial charge in [0, 0.05) is 25.0 Å². The van der Waals surface area contributed by atoms with E-state index in [1.165, 1.54) is 0 Å². The van der Waals surface area contributed by atoms with Crippen molar-refractivity contribution in [3.05, 3.63) is 58.4 Å². The van der Waals surface area contributed by atoms with Crippen LogP contribution in [0, 0.1) is 6.92 Å². The molecule has 0 radical (unpaired) electrons. The van der Waals surface area contributed by atoms with Crippen molar-refractivity contribution in [2.45, 2.75) is 13.5 Å². The minimum absolute atomic E-state index is 0.0254. The molecule has 132 valence electrons. The number of carbonyl (C=O) groups excluding carboxylic acids is 1. The average Bonchev–Trinajstić information content (AvgIpc) is 3.25. The lowest BCUT2D eigenvalue weighted by Gasteiger charge is -2.18. The minimum Gasteiger partial charge on any atom is -0.483 e. The van der Waals surface area contributed by atoms with Crippen LogP contribution in [-0.2, 0) is 11.3 Å². The fourth-order valence-electron chi connectivity index (χ4n) is 2.90. The Kier molecular flexibility index (Phi) is 4.61. The van der Waals surface area contributed by atoms with E-state index in [1.54, 1.807) is 34.6 Å². The predicted octanol–water partition coefficient (Wildman–Crippen LogP) is 4.86. The number of ether oxygens (including phenoxy) is 1. The summed E-state index contributed by atoms with van der Waals surface area (Å²) in [5.74, 6) is 0.705. The number of rotatable bonds is 5. The molecule has 0 saturated heterocycles. The first-order chi connectivity index (χ1) is 12.6. The number of carbonyl (C=O) groups is 1. The molecule has 0 aliphatic heterocycles. The van der Waals surface area contributed by atoms with Crippen molar-refractivity contribution < 1.29 is 9.53 Å². The van der Waals surface area contributed by atoms with E-state index in [2.05, 4.69) is 4.98 Å².